The van der Waals surface area contributed by atoms with Crippen LogP contribution >= 0.6 is 0 Å². The van der Waals surface area contributed by atoms with E-state index in [0.717, 1.165) is 31.6 Å². The average molecular weight is 288 g/mol. The second-order valence-corrected chi connectivity index (χ2v) is 5.43. The third-order valence-corrected chi connectivity index (χ3v) is 3.57. The van der Waals surface area contributed by atoms with Crippen LogP contribution in [0.3, 0.4) is 0 Å². The normalized spacial score (nSPS) is 20.4. The van der Waals surface area contributed by atoms with Crippen molar-refractivity contribution in [2.45, 2.75) is 12.6 Å². The Morgan fingerprint density at radius 1 is 1.45 bits per heavy atom. The Morgan fingerprint density at radius 3 is 2.70 bits per heavy atom. The number of alkyl halides is 3. The molecule has 1 aliphatic rings. The van der Waals surface area contributed by atoms with Gasteiger partial charge in [0, 0.05) is 20.1 Å². The largest absolute Gasteiger partial charge is 0.416 e. The molecule has 0 aromatic carbocycles. The standard InChI is InChI=1S/C13H19F3N4/c1-19-4-3-9(7-19)8-20(2)12-6-10(13(14,15)16)5-11(17)18-12/h5-6,9H,3-4,7-8H2,1-2H3,(H2,17,18). The molecule has 1 saturated heterocycles. The number of nitrogens with two attached hydrogens (primary N) is 1. The highest BCUT2D eigenvalue weighted by Gasteiger charge is 2.32. The first kappa shape index (κ1) is 14.9. The van der Waals surface area contributed by atoms with E-state index in [9.17, 15) is 13.2 Å². The Balaban J connectivity index is 2.13. The highest BCUT2D eigenvalue weighted by atomic mass is 19.4. The summed E-state index contributed by atoms with van der Waals surface area (Å²) in [6, 6.07) is 1.91. The summed E-state index contributed by atoms with van der Waals surface area (Å²) in [5, 5.41) is 0. The Hall–Kier alpha value is -1.50. The molecule has 1 unspecified atom stereocenters. The van der Waals surface area contributed by atoms with Crippen molar-refractivity contribution >= 4 is 11.6 Å². The molecule has 2 rings (SSSR count). The van der Waals surface area contributed by atoms with Crippen LogP contribution in [0.2, 0.25) is 0 Å². The average Bonchev–Trinajstić information content (AvgIpc) is 2.72. The highest BCUT2D eigenvalue weighted by Crippen LogP contribution is 2.32. The van der Waals surface area contributed by atoms with Gasteiger partial charge in [-0.05, 0) is 38.1 Å². The zero-order valence-corrected chi connectivity index (χ0v) is 11.6. The minimum atomic E-state index is -4.40. The molecule has 20 heavy (non-hydrogen) atoms. The molecule has 0 spiro atoms. The number of nitrogens with zero attached hydrogens (tertiary/aromatic N) is 3. The first-order chi connectivity index (χ1) is 9.25. The predicted octanol–water partition coefficient (Wildman–Crippen LogP) is 2.07. The molecule has 1 aromatic heterocycles. The first-order valence-electron chi connectivity index (χ1n) is 6.50. The molecule has 0 aliphatic carbocycles. The lowest BCUT2D eigenvalue weighted by atomic mass is 10.1. The van der Waals surface area contributed by atoms with Crippen molar-refractivity contribution in [1.29, 1.82) is 0 Å². The van der Waals surface area contributed by atoms with E-state index in [0.29, 0.717) is 12.5 Å². The maximum absolute atomic E-state index is 12.8. The summed E-state index contributed by atoms with van der Waals surface area (Å²) in [6.45, 7) is 2.66. The van der Waals surface area contributed by atoms with Crippen molar-refractivity contribution in [2.75, 3.05) is 44.4 Å². The summed E-state index contributed by atoms with van der Waals surface area (Å²) >= 11 is 0. The number of aromatic nitrogens is 1. The van der Waals surface area contributed by atoms with Gasteiger partial charge < -0.3 is 15.5 Å². The fourth-order valence-corrected chi connectivity index (χ4v) is 2.55. The number of nitrogen functional groups attached to an aromatic ring is 1. The maximum atomic E-state index is 12.8. The first-order valence-corrected chi connectivity index (χ1v) is 6.50. The molecule has 0 saturated carbocycles. The number of hydrogen-bond donors (Lipinski definition) is 1. The lowest BCUT2D eigenvalue weighted by molar-refractivity contribution is -0.137. The van der Waals surface area contributed by atoms with Crippen LogP contribution in [-0.2, 0) is 6.18 Å². The smallest absolute Gasteiger partial charge is 0.384 e. The van der Waals surface area contributed by atoms with Crippen molar-refractivity contribution in [2.24, 2.45) is 5.92 Å². The molecule has 112 valence electrons. The second kappa shape index (κ2) is 5.47. The Morgan fingerprint density at radius 2 is 2.15 bits per heavy atom. The van der Waals surface area contributed by atoms with Crippen molar-refractivity contribution < 1.29 is 13.2 Å². The topological polar surface area (TPSA) is 45.4 Å². The molecule has 2 N–H and O–H groups in total. The Kier molecular flexibility index (Phi) is 4.08. The monoisotopic (exact) mass is 288 g/mol. The molecule has 1 atom stereocenters. The molecule has 0 amide bonds. The molecule has 0 bridgehead atoms. The minimum Gasteiger partial charge on any atom is -0.384 e. The van der Waals surface area contributed by atoms with Gasteiger partial charge in [-0.15, -0.1) is 0 Å². The van der Waals surface area contributed by atoms with Gasteiger partial charge in [0.15, 0.2) is 0 Å². The van der Waals surface area contributed by atoms with Crippen LogP contribution in [0.15, 0.2) is 12.1 Å². The third-order valence-electron chi connectivity index (χ3n) is 3.57. The van der Waals surface area contributed by atoms with Crippen LogP contribution in [0.4, 0.5) is 24.8 Å². The van der Waals surface area contributed by atoms with Crippen molar-refractivity contribution in [3.05, 3.63) is 17.7 Å². The number of hydrogen-bond acceptors (Lipinski definition) is 4. The molecule has 1 aliphatic heterocycles. The molecule has 1 aromatic rings. The number of rotatable bonds is 3. The molecular weight excluding hydrogens is 269 g/mol. The van der Waals surface area contributed by atoms with E-state index in [4.69, 9.17) is 5.73 Å². The van der Waals surface area contributed by atoms with Gasteiger partial charge >= 0.3 is 6.18 Å². The van der Waals surface area contributed by atoms with Crippen LogP contribution in [0.1, 0.15) is 12.0 Å². The molecule has 7 heteroatoms. The zero-order valence-electron chi connectivity index (χ0n) is 11.6. The molecule has 4 nitrogen and oxygen atoms in total. The highest BCUT2D eigenvalue weighted by molar-refractivity contribution is 5.48. The molecule has 0 radical (unpaired) electrons. The van der Waals surface area contributed by atoms with Gasteiger partial charge in [-0.1, -0.05) is 0 Å². The van der Waals surface area contributed by atoms with E-state index in [1.54, 1.807) is 11.9 Å². The zero-order chi connectivity index (χ0) is 14.9. The summed E-state index contributed by atoms with van der Waals surface area (Å²) in [7, 11) is 3.79. The summed E-state index contributed by atoms with van der Waals surface area (Å²) in [4.78, 5) is 7.96. The summed E-state index contributed by atoms with van der Waals surface area (Å²) in [5.41, 5.74) is 4.72. The van der Waals surface area contributed by atoms with E-state index in [2.05, 4.69) is 9.88 Å². The van der Waals surface area contributed by atoms with E-state index in [1.165, 1.54) is 0 Å². The SMILES string of the molecule is CN1CCC(CN(C)c2cc(C(F)(F)F)cc(N)n2)C1. The fourth-order valence-electron chi connectivity index (χ4n) is 2.55. The Bertz CT molecular complexity index is 475. The van der Waals surface area contributed by atoms with Crippen LogP contribution in [0.5, 0.6) is 0 Å². The van der Waals surface area contributed by atoms with Crippen LogP contribution in [0, 0.1) is 5.92 Å². The van der Waals surface area contributed by atoms with Gasteiger partial charge in [0.05, 0.1) is 5.56 Å². The fraction of sp³-hybridized carbons (Fsp3) is 0.615. The van der Waals surface area contributed by atoms with Gasteiger partial charge in [-0.2, -0.15) is 13.2 Å². The van der Waals surface area contributed by atoms with Crippen LogP contribution in [-0.4, -0.2) is 43.6 Å². The second-order valence-electron chi connectivity index (χ2n) is 5.43. The van der Waals surface area contributed by atoms with E-state index < -0.39 is 11.7 Å². The Labute approximate surface area is 116 Å². The number of likely N-dealkylation sites (tertiary alicyclic amines) is 1. The lowest BCUT2D eigenvalue weighted by Gasteiger charge is -2.23. The van der Waals surface area contributed by atoms with Gasteiger partial charge in [-0.3, -0.25) is 0 Å². The van der Waals surface area contributed by atoms with Crippen molar-refractivity contribution in [1.82, 2.24) is 9.88 Å². The van der Waals surface area contributed by atoms with Gasteiger partial charge in [0.1, 0.15) is 11.6 Å². The third kappa shape index (κ3) is 3.53. The van der Waals surface area contributed by atoms with E-state index >= 15 is 0 Å². The summed E-state index contributed by atoms with van der Waals surface area (Å²) in [5.74, 6) is 0.611. The number of halogens is 3. The minimum absolute atomic E-state index is 0.106. The van der Waals surface area contributed by atoms with E-state index in [1.807, 2.05) is 7.05 Å². The van der Waals surface area contributed by atoms with Crippen LogP contribution < -0.4 is 10.6 Å². The molecular formula is C13H19F3N4. The number of pyridine rings is 1. The van der Waals surface area contributed by atoms with Crippen molar-refractivity contribution in [3.8, 4) is 0 Å². The van der Waals surface area contributed by atoms with Crippen LogP contribution in [0.25, 0.3) is 0 Å². The molecule has 2 heterocycles. The van der Waals surface area contributed by atoms with E-state index in [-0.39, 0.29) is 11.6 Å². The van der Waals surface area contributed by atoms with Gasteiger partial charge in [0.25, 0.3) is 0 Å². The van der Waals surface area contributed by atoms with Crippen molar-refractivity contribution in [3.63, 3.8) is 0 Å². The maximum Gasteiger partial charge on any atom is 0.416 e. The molecule has 1 fully saturated rings. The predicted molar refractivity (Wildman–Crippen MR) is 72.5 cm³/mol. The lowest BCUT2D eigenvalue weighted by Crippen LogP contribution is -2.28. The van der Waals surface area contributed by atoms with Gasteiger partial charge in [-0.25, -0.2) is 4.98 Å². The quantitative estimate of drug-likeness (QED) is 0.925. The van der Waals surface area contributed by atoms with Gasteiger partial charge in [0.2, 0.25) is 0 Å². The summed E-state index contributed by atoms with van der Waals surface area (Å²) < 4.78 is 38.3. The number of anilines is 2. The summed E-state index contributed by atoms with van der Waals surface area (Å²) in [6.07, 6.45) is -3.35.